The Morgan fingerprint density at radius 2 is 2.19 bits per heavy atom. The molecule has 0 aromatic heterocycles. The normalized spacial score (nSPS) is 22.2. The molecular weight excluding hydrogens is 218 g/mol. The van der Waals surface area contributed by atoms with Gasteiger partial charge in [-0.1, -0.05) is 20.3 Å². The third kappa shape index (κ3) is 4.77. The van der Waals surface area contributed by atoms with Crippen molar-refractivity contribution in [2.24, 2.45) is 5.92 Å². The minimum Gasteiger partial charge on any atom is -0.343 e. The fourth-order valence-corrected chi connectivity index (χ4v) is 2.86. The van der Waals surface area contributed by atoms with Crippen molar-refractivity contribution in [1.29, 1.82) is 0 Å². The Morgan fingerprint density at radius 1 is 1.38 bits per heavy atom. The lowest BCUT2D eigenvalue weighted by Gasteiger charge is -2.20. The number of hydrogen-bond acceptors (Lipinski definition) is 2. The molecule has 1 unspecified atom stereocenters. The molecule has 0 aromatic carbocycles. The van der Waals surface area contributed by atoms with Crippen molar-refractivity contribution in [3.63, 3.8) is 0 Å². The van der Waals surface area contributed by atoms with Crippen LogP contribution in [0.25, 0.3) is 0 Å². The Hall–Kier alpha value is -0.180. The highest BCUT2D eigenvalue weighted by Crippen LogP contribution is 2.21. The molecule has 0 aliphatic carbocycles. The zero-order valence-corrected chi connectivity index (χ0v) is 11.5. The quantitative estimate of drug-likeness (QED) is 0.668. The second kappa shape index (κ2) is 7.99. The molecule has 0 saturated carbocycles. The topological polar surface area (TPSA) is 20.3 Å². The van der Waals surface area contributed by atoms with Gasteiger partial charge in [0.2, 0.25) is 5.91 Å². The molecule has 1 amide bonds. The molecule has 0 aromatic rings. The number of hydrogen-bond donors (Lipinski definition) is 0. The molecule has 16 heavy (non-hydrogen) atoms. The van der Waals surface area contributed by atoms with Crippen molar-refractivity contribution in [3.05, 3.63) is 0 Å². The number of thioether (sulfide) groups is 1. The van der Waals surface area contributed by atoms with Crippen LogP contribution in [0.4, 0.5) is 0 Å². The monoisotopic (exact) mass is 243 g/mol. The predicted molar refractivity (Wildman–Crippen MR) is 71.8 cm³/mol. The molecule has 0 spiro atoms. The van der Waals surface area contributed by atoms with Gasteiger partial charge in [0.1, 0.15) is 0 Å². The third-order valence-electron chi connectivity index (χ3n) is 3.42. The average molecular weight is 243 g/mol. The molecule has 0 radical (unpaired) electrons. The third-order valence-corrected chi connectivity index (χ3v) is 4.41. The maximum Gasteiger partial charge on any atom is 0.222 e. The molecule has 1 heterocycles. The lowest BCUT2D eigenvalue weighted by Crippen LogP contribution is -2.31. The summed E-state index contributed by atoms with van der Waals surface area (Å²) in [5.74, 6) is 3.54. The van der Waals surface area contributed by atoms with Gasteiger partial charge < -0.3 is 4.90 Å². The average Bonchev–Trinajstić information content (AvgIpc) is 2.47. The lowest BCUT2D eigenvalue weighted by atomic mass is 9.98. The van der Waals surface area contributed by atoms with Gasteiger partial charge in [-0.05, 0) is 36.7 Å². The highest BCUT2D eigenvalue weighted by Gasteiger charge is 2.20. The van der Waals surface area contributed by atoms with Crippen LogP contribution >= 0.6 is 11.8 Å². The summed E-state index contributed by atoms with van der Waals surface area (Å²) in [6.45, 7) is 6.40. The Bertz CT molecular complexity index is 208. The molecular formula is C13H25NOS. The van der Waals surface area contributed by atoms with Crippen LogP contribution in [0.5, 0.6) is 0 Å². The molecule has 1 saturated heterocycles. The van der Waals surface area contributed by atoms with Gasteiger partial charge in [0.25, 0.3) is 0 Å². The van der Waals surface area contributed by atoms with Crippen LogP contribution in [-0.4, -0.2) is 35.4 Å². The second-order valence-corrected chi connectivity index (χ2v) is 5.93. The summed E-state index contributed by atoms with van der Waals surface area (Å²) in [5, 5.41) is 0. The zero-order chi connectivity index (χ0) is 11.8. The van der Waals surface area contributed by atoms with Gasteiger partial charge in [-0.2, -0.15) is 11.8 Å². The van der Waals surface area contributed by atoms with Crippen LogP contribution in [-0.2, 0) is 4.79 Å². The predicted octanol–water partition coefficient (Wildman–Crippen LogP) is 3.17. The van der Waals surface area contributed by atoms with Crippen LogP contribution in [0, 0.1) is 5.92 Å². The molecule has 1 atom stereocenters. The van der Waals surface area contributed by atoms with Gasteiger partial charge in [0, 0.05) is 19.5 Å². The highest BCUT2D eigenvalue weighted by molar-refractivity contribution is 7.99. The summed E-state index contributed by atoms with van der Waals surface area (Å²) >= 11 is 1.97. The van der Waals surface area contributed by atoms with Crippen molar-refractivity contribution in [3.8, 4) is 0 Å². The molecule has 0 N–H and O–H groups in total. The number of carbonyl (C=O) groups excluding carboxylic acids is 1. The first kappa shape index (κ1) is 13.9. The largest absolute Gasteiger partial charge is 0.343 e. The summed E-state index contributed by atoms with van der Waals surface area (Å²) in [4.78, 5) is 13.9. The van der Waals surface area contributed by atoms with Crippen LogP contribution in [0.3, 0.4) is 0 Å². The Balaban J connectivity index is 2.26. The van der Waals surface area contributed by atoms with Gasteiger partial charge in [-0.15, -0.1) is 0 Å². The fourth-order valence-electron chi connectivity index (χ4n) is 2.24. The summed E-state index contributed by atoms with van der Waals surface area (Å²) < 4.78 is 0. The number of carbonyl (C=O) groups is 1. The van der Waals surface area contributed by atoms with E-state index in [1.54, 1.807) is 0 Å². The molecule has 1 fully saturated rings. The molecule has 0 bridgehead atoms. The van der Waals surface area contributed by atoms with E-state index in [-0.39, 0.29) is 0 Å². The van der Waals surface area contributed by atoms with E-state index in [0.717, 1.165) is 38.3 Å². The van der Waals surface area contributed by atoms with Gasteiger partial charge >= 0.3 is 0 Å². The van der Waals surface area contributed by atoms with Gasteiger partial charge in [0.15, 0.2) is 0 Å². The van der Waals surface area contributed by atoms with E-state index in [1.165, 1.54) is 24.3 Å². The molecule has 1 rings (SSSR count). The van der Waals surface area contributed by atoms with Crippen LogP contribution in [0.15, 0.2) is 0 Å². The van der Waals surface area contributed by atoms with Crippen LogP contribution in [0.2, 0.25) is 0 Å². The van der Waals surface area contributed by atoms with Crippen molar-refractivity contribution >= 4 is 17.7 Å². The summed E-state index contributed by atoms with van der Waals surface area (Å²) in [6, 6.07) is 0. The Labute approximate surface area is 104 Å². The van der Waals surface area contributed by atoms with E-state index >= 15 is 0 Å². The van der Waals surface area contributed by atoms with E-state index in [2.05, 4.69) is 18.7 Å². The minimum absolute atomic E-state index is 0.387. The van der Waals surface area contributed by atoms with Gasteiger partial charge in [-0.25, -0.2) is 0 Å². The maximum absolute atomic E-state index is 11.9. The highest BCUT2D eigenvalue weighted by atomic mass is 32.2. The van der Waals surface area contributed by atoms with Crippen LogP contribution < -0.4 is 0 Å². The zero-order valence-electron chi connectivity index (χ0n) is 10.7. The van der Waals surface area contributed by atoms with E-state index in [0.29, 0.717) is 5.91 Å². The Morgan fingerprint density at radius 3 is 2.88 bits per heavy atom. The summed E-state index contributed by atoms with van der Waals surface area (Å²) in [6.07, 6.45) is 5.48. The standard InChI is InChI=1S/C13H25NOS/c1-3-12-6-7-13(15)14(10-8-12)9-5-11-16-4-2/h12H,3-11H2,1-2H3. The first-order valence-corrected chi connectivity index (χ1v) is 7.78. The first-order chi connectivity index (χ1) is 7.77. The van der Waals surface area contributed by atoms with Crippen molar-refractivity contribution < 1.29 is 4.79 Å². The van der Waals surface area contributed by atoms with Crippen LogP contribution in [0.1, 0.15) is 46.0 Å². The van der Waals surface area contributed by atoms with Gasteiger partial charge in [0.05, 0.1) is 0 Å². The Kier molecular flexibility index (Phi) is 6.93. The van der Waals surface area contributed by atoms with Crippen molar-refractivity contribution in [2.75, 3.05) is 24.6 Å². The van der Waals surface area contributed by atoms with Crippen molar-refractivity contribution in [1.82, 2.24) is 4.90 Å². The van der Waals surface area contributed by atoms with Gasteiger partial charge in [-0.3, -0.25) is 4.79 Å². The smallest absolute Gasteiger partial charge is 0.222 e. The molecule has 3 heteroatoms. The molecule has 94 valence electrons. The molecule has 1 aliphatic rings. The number of nitrogens with zero attached hydrogens (tertiary/aromatic N) is 1. The van der Waals surface area contributed by atoms with E-state index < -0.39 is 0 Å². The lowest BCUT2D eigenvalue weighted by molar-refractivity contribution is -0.130. The number of rotatable bonds is 6. The summed E-state index contributed by atoms with van der Waals surface area (Å²) in [5.41, 5.74) is 0. The SMILES string of the molecule is CCSCCCN1CCC(CC)CCC1=O. The fraction of sp³-hybridized carbons (Fsp3) is 0.923. The van der Waals surface area contributed by atoms with E-state index in [4.69, 9.17) is 0 Å². The first-order valence-electron chi connectivity index (χ1n) is 6.63. The van der Waals surface area contributed by atoms with E-state index in [1.807, 2.05) is 11.8 Å². The maximum atomic E-state index is 11.9. The van der Waals surface area contributed by atoms with E-state index in [9.17, 15) is 4.79 Å². The van der Waals surface area contributed by atoms with Crippen molar-refractivity contribution in [2.45, 2.75) is 46.0 Å². The number of amides is 1. The summed E-state index contributed by atoms with van der Waals surface area (Å²) in [7, 11) is 0. The molecule has 2 nitrogen and oxygen atoms in total. The molecule has 1 aliphatic heterocycles. The second-order valence-electron chi connectivity index (χ2n) is 4.53. The minimum atomic E-state index is 0.387. The number of likely N-dealkylation sites (tertiary alicyclic amines) is 1.